The maximum absolute atomic E-state index is 12.0. The van der Waals surface area contributed by atoms with E-state index in [1.165, 1.54) is 0 Å². The highest BCUT2D eigenvalue weighted by Crippen LogP contribution is 2.16. The molecule has 2 amide bonds. The fraction of sp³-hybridized carbons (Fsp3) is 0.462. The molecule has 0 aromatic heterocycles. The maximum Gasteiger partial charge on any atom is 0.326 e. The largest absolute Gasteiger partial charge is 0.465 e. The van der Waals surface area contributed by atoms with Crippen LogP contribution in [0.3, 0.4) is 0 Å². The Morgan fingerprint density at radius 3 is 1.68 bits per heavy atom. The SMILES string of the molecule is C=C1C(=O)N(CC(=O)OCC)C(=S)N(CC(=O)OCC)C1=O. The lowest BCUT2D eigenvalue weighted by atomic mass is 10.2. The Hall–Kier alpha value is -2.29. The second kappa shape index (κ2) is 7.64. The highest BCUT2D eigenvalue weighted by atomic mass is 32.1. The summed E-state index contributed by atoms with van der Waals surface area (Å²) in [5, 5.41) is -0.261. The fourth-order valence-corrected chi connectivity index (χ4v) is 1.98. The van der Waals surface area contributed by atoms with Gasteiger partial charge in [0.1, 0.15) is 13.1 Å². The molecule has 0 aromatic rings. The van der Waals surface area contributed by atoms with Crippen molar-refractivity contribution in [1.82, 2.24) is 9.80 Å². The maximum atomic E-state index is 12.0. The summed E-state index contributed by atoms with van der Waals surface area (Å²) in [6.07, 6.45) is 0. The predicted molar refractivity (Wildman–Crippen MR) is 78.4 cm³/mol. The molecule has 0 aromatic carbocycles. The Morgan fingerprint density at radius 2 is 1.36 bits per heavy atom. The van der Waals surface area contributed by atoms with Crippen molar-refractivity contribution in [2.24, 2.45) is 0 Å². The second-order valence-electron chi connectivity index (χ2n) is 4.15. The molecule has 9 heteroatoms. The molecule has 22 heavy (non-hydrogen) atoms. The number of hydrogen-bond acceptors (Lipinski definition) is 7. The minimum Gasteiger partial charge on any atom is -0.465 e. The summed E-state index contributed by atoms with van der Waals surface area (Å²) in [7, 11) is 0. The van der Waals surface area contributed by atoms with Gasteiger partial charge in [0.15, 0.2) is 5.11 Å². The summed E-state index contributed by atoms with van der Waals surface area (Å²) in [4.78, 5) is 48.8. The lowest BCUT2D eigenvalue weighted by Crippen LogP contribution is -2.58. The van der Waals surface area contributed by atoms with Crippen LogP contribution in [0.2, 0.25) is 0 Å². The highest BCUT2D eigenvalue weighted by molar-refractivity contribution is 7.80. The summed E-state index contributed by atoms with van der Waals surface area (Å²) in [6, 6.07) is 0. The zero-order valence-electron chi connectivity index (χ0n) is 12.3. The molecule has 1 rings (SSSR count). The van der Waals surface area contributed by atoms with Gasteiger partial charge in [0.2, 0.25) is 0 Å². The standard InChI is InChI=1S/C13H16N2O6S/c1-4-20-9(16)6-14-11(18)8(3)12(19)15(13(14)22)7-10(17)21-5-2/h3-7H2,1-2H3. The molecule has 120 valence electrons. The van der Waals surface area contributed by atoms with E-state index in [0.29, 0.717) is 0 Å². The minimum atomic E-state index is -0.789. The van der Waals surface area contributed by atoms with Crippen LogP contribution in [0.1, 0.15) is 13.8 Å². The number of thiocarbonyl (C=S) groups is 1. The van der Waals surface area contributed by atoms with Gasteiger partial charge in [0.25, 0.3) is 11.8 Å². The van der Waals surface area contributed by atoms with Crippen molar-refractivity contribution >= 4 is 41.1 Å². The third-order valence-electron chi connectivity index (χ3n) is 2.65. The molecule has 0 N–H and O–H groups in total. The molecule has 1 fully saturated rings. The first kappa shape index (κ1) is 17.8. The van der Waals surface area contributed by atoms with E-state index in [1.807, 2.05) is 0 Å². The van der Waals surface area contributed by atoms with Gasteiger partial charge < -0.3 is 9.47 Å². The summed E-state index contributed by atoms with van der Waals surface area (Å²) >= 11 is 5.01. The van der Waals surface area contributed by atoms with Crippen LogP contribution in [0.5, 0.6) is 0 Å². The highest BCUT2D eigenvalue weighted by Gasteiger charge is 2.40. The van der Waals surface area contributed by atoms with E-state index in [-0.39, 0.29) is 23.9 Å². The van der Waals surface area contributed by atoms with Crippen LogP contribution in [-0.4, -0.2) is 65.0 Å². The van der Waals surface area contributed by atoms with E-state index in [0.717, 1.165) is 9.80 Å². The molecule has 1 saturated heterocycles. The van der Waals surface area contributed by atoms with Crippen LogP contribution in [0.25, 0.3) is 0 Å². The van der Waals surface area contributed by atoms with Gasteiger partial charge in [-0.05, 0) is 26.1 Å². The summed E-state index contributed by atoms with van der Waals surface area (Å²) < 4.78 is 9.48. The molecule has 0 saturated carbocycles. The summed E-state index contributed by atoms with van der Waals surface area (Å²) in [5.41, 5.74) is -0.387. The zero-order chi connectivity index (χ0) is 16.9. The van der Waals surface area contributed by atoms with Crippen LogP contribution in [0.15, 0.2) is 12.2 Å². The number of rotatable bonds is 6. The molecule has 0 spiro atoms. The van der Waals surface area contributed by atoms with Gasteiger partial charge in [-0.2, -0.15) is 0 Å². The van der Waals surface area contributed by atoms with Crippen molar-refractivity contribution in [3.63, 3.8) is 0 Å². The van der Waals surface area contributed by atoms with Crippen LogP contribution >= 0.6 is 12.2 Å². The third kappa shape index (κ3) is 3.88. The Balaban J connectivity index is 2.94. The van der Waals surface area contributed by atoms with Gasteiger partial charge in [-0.15, -0.1) is 0 Å². The van der Waals surface area contributed by atoms with Crippen LogP contribution < -0.4 is 0 Å². The van der Waals surface area contributed by atoms with Crippen molar-refractivity contribution in [2.45, 2.75) is 13.8 Å². The molecule has 0 bridgehead atoms. The third-order valence-corrected chi connectivity index (χ3v) is 3.09. The van der Waals surface area contributed by atoms with Crippen LogP contribution in [-0.2, 0) is 28.7 Å². The Bertz CT molecular complexity index is 501. The predicted octanol–water partition coefficient (Wildman–Crippen LogP) is -0.376. The lowest BCUT2D eigenvalue weighted by Gasteiger charge is -2.34. The molecule has 0 radical (unpaired) electrons. The number of carbonyl (C=O) groups excluding carboxylic acids is 4. The van der Waals surface area contributed by atoms with Crippen LogP contribution in [0, 0.1) is 0 Å². The number of esters is 2. The molecule has 1 aliphatic heterocycles. The molecular formula is C13H16N2O6S. The lowest BCUT2D eigenvalue weighted by molar-refractivity contribution is -0.149. The van der Waals surface area contributed by atoms with Gasteiger partial charge >= 0.3 is 11.9 Å². The topological polar surface area (TPSA) is 93.2 Å². The molecule has 0 aliphatic carbocycles. The number of carbonyl (C=O) groups is 4. The Labute approximate surface area is 132 Å². The van der Waals surface area contributed by atoms with Gasteiger partial charge in [-0.25, -0.2) is 0 Å². The van der Waals surface area contributed by atoms with Gasteiger partial charge in [0.05, 0.1) is 18.8 Å². The van der Waals surface area contributed by atoms with Crippen molar-refractivity contribution in [1.29, 1.82) is 0 Å². The summed E-state index contributed by atoms with van der Waals surface area (Å²) in [5.74, 6) is -2.95. The molecule has 1 aliphatic rings. The average molecular weight is 328 g/mol. The van der Waals surface area contributed by atoms with E-state index in [4.69, 9.17) is 21.7 Å². The minimum absolute atomic E-state index is 0.139. The van der Waals surface area contributed by atoms with E-state index in [1.54, 1.807) is 13.8 Å². The second-order valence-corrected chi connectivity index (χ2v) is 4.52. The van der Waals surface area contributed by atoms with Gasteiger partial charge in [0, 0.05) is 0 Å². The van der Waals surface area contributed by atoms with Crippen molar-refractivity contribution in [3.8, 4) is 0 Å². The number of hydrogen-bond donors (Lipinski definition) is 0. The normalized spacial score (nSPS) is 15.2. The molecule has 0 atom stereocenters. The molecular weight excluding hydrogens is 312 g/mol. The van der Waals surface area contributed by atoms with Crippen LogP contribution in [0.4, 0.5) is 0 Å². The first-order chi connectivity index (χ1) is 10.3. The first-order valence-electron chi connectivity index (χ1n) is 6.51. The number of amides is 2. The van der Waals surface area contributed by atoms with Gasteiger partial charge in [-0.1, -0.05) is 6.58 Å². The van der Waals surface area contributed by atoms with Crippen molar-refractivity contribution in [3.05, 3.63) is 12.2 Å². The summed E-state index contributed by atoms with van der Waals surface area (Å²) in [6.45, 7) is 5.96. The first-order valence-corrected chi connectivity index (χ1v) is 6.92. The van der Waals surface area contributed by atoms with Crippen molar-refractivity contribution in [2.75, 3.05) is 26.3 Å². The van der Waals surface area contributed by atoms with E-state index in [2.05, 4.69) is 6.58 Å². The monoisotopic (exact) mass is 328 g/mol. The van der Waals surface area contributed by atoms with Gasteiger partial charge in [-0.3, -0.25) is 29.0 Å². The van der Waals surface area contributed by atoms with Crippen molar-refractivity contribution < 1.29 is 28.7 Å². The molecule has 0 unspecified atom stereocenters. The Kier molecular flexibility index (Phi) is 6.17. The van der Waals surface area contributed by atoms with E-state index < -0.39 is 36.8 Å². The quantitative estimate of drug-likeness (QED) is 0.284. The smallest absolute Gasteiger partial charge is 0.326 e. The molecule has 8 nitrogen and oxygen atoms in total. The van der Waals surface area contributed by atoms with E-state index in [9.17, 15) is 19.2 Å². The number of ether oxygens (including phenoxy) is 2. The number of nitrogens with zero attached hydrogens (tertiary/aromatic N) is 2. The fourth-order valence-electron chi connectivity index (χ4n) is 1.69. The Morgan fingerprint density at radius 1 is 1.00 bits per heavy atom. The molecule has 1 heterocycles. The van der Waals surface area contributed by atoms with E-state index >= 15 is 0 Å². The zero-order valence-corrected chi connectivity index (χ0v) is 13.1. The average Bonchev–Trinajstić information content (AvgIpc) is 2.47.